The Morgan fingerprint density at radius 2 is 1.76 bits per heavy atom. The first-order chi connectivity index (χ1) is 16.5. The van der Waals surface area contributed by atoms with Gasteiger partial charge in [-0.15, -0.1) is 0 Å². The van der Waals surface area contributed by atoms with E-state index in [-0.39, 0.29) is 11.6 Å². The number of para-hydroxylation sites is 2. The van der Waals surface area contributed by atoms with Gasteiger partial charge in [0, 0.05) is 28.7 Å². The van der Waals surface area contributed by atoms with E-state index in [0.29, 0.717) is 23.9 Å². The number of fused-ring (bicyclic) bond motifs is 1. The Hall–Kier alpha value is -3.58. The minimum absolute atomic E-state index is 0.0262. The second-order valence-electron chi connectivity index (χ2n) is 8.50. The van der Waals surface area contributed by atoms with Crippen LogP contribution in [0.2, 0.25) is 5.02 Å². The number of rotatable bonds is 6. The Morgan fingerprint density at radius 3 is 2.56 bits per heavy atom. The molecule has 1 saturated carbocycles. The maximum Gasteiger partial charge on any atom is 0.331 e. The van der Waals surface area contributed by atoms with Crippen molar-refractivity contribution in [2.24, 2.45) is 0 Å². The molecule has 5 rings (SSSR count). The lowest BCUT2D eigenvalue weighted by atomic mass is 10.0. The van der Waals surface area contributed by atoms with Crippen molar-refractivity contribution < 1.29 is 19.1 Å². The molecule has 0 atom stereocenters. The van der Waals surface area contributed by atoms with Crippen molar-refractivity contribution in [1.29, 1.82) is 0 Å². The van der Waals surface area contributed by atoms with Gasteiger partial charge in [-0.3, -0.25) is 19.8 Å². The van der Waals surface area contributed by atoms with Crippen LogP contribution < -0.4 is 10.1 Å². The molecule has 1 N–H and O–H groups in total. The van der Waals surface area contributed by atoms with Gasteiger partial charge in [-0.05, 0) is 37.1 Å². The number of hydrogen-bond donors (Lipinski definition) is 1. The van der Waals surface area contributed by atoms with Crippen LogP contribution in [0.1, 0.15) is 31.2 Å². The van der Waals surface area contributed by atoms with Crippen LogP contribution in [0.4, 0.5) is 4.79 Å². The second-order valence-corrected chi connectivity index (χ2v) is 8.91. The lowest BCUT2D eigenvalue weighted by Gasteiger charge is -2.31. The average Bonchev–Trinajstić information content (AvgIpc) is 3.47. The summed E-state index contributed by atoms with van der Waals surface area (Å²) in [4.78, 5) is 39.4. The standard InChI is InChI=1S/C26H24ClN3O4/c27-21-10-4-6-12-23(21)34-14-13-29-16-17(19-9-3-5-11-22(19)29)15-20-24(31)28-26(33)30(25(20)32)18-7-1-2-8-18/h3-6,9-12,15-16,18H,1-2,7-8,13-14H2,(H,28,31,33)/b20-15-. The zero-order chi connectivity index (χ0) is 23.7. The molecule has 34 heavy (non-hydrogen) atoms. The fraction of sp³-hybridized carbons (Fsp3) is 0.269. The van der Waals surface area contributed by atoms with Gasteiger partial charge in [0.05, 0.1) is 11.6 Å². The molecule has 0 unspecified atom stereocenters. The topological polar surface area (TPSA) is 80.6 Å². The summed E-state index contributed by atoms with van der Waals surface area (Å²) >= 11 is 6.17. The Kier molecular flexibility index (Phi) is 6.11. The summed E-state index contributed by atoms with van der Waals surface area (Å²) in [6.07, 6.45) is 6.96. The van der Waals surface area contributed by atoms with Gasteiger partial charge in [-0.1, -0.05) is 54.8 Å². The lowest BCUT2D eigenvalue weighted by Crippen LogP contribution is -2.57. The first-order valence-corrected chi connectivity index (χ1v) is 11.8. The number of benzene rings is 2. The molecule has 7 nitrogen and oxygen atoms in total. The minimum Gasteiger partial charge on any atom is -0.490 e. The number of carbonyl (C=O) groups is 3. The van der Waals surface area contributed by atoms with Crippen molar-refractivity contribution in [3.8, 4) is 5.75 Å². The summed E-state index contributed by atoms with van der Waals surface area (Å²) in [5.74, 6) is -0.577. The highest BCUT2D eigenvalue weighted by atomic mass is 35.5. The van der Waals surface area contributed by atoms with Crippen molar-refractivity contribution in [1.82, 2.24) is 14.8 Å². The van der Waals surface area contributed by atoms with E-state index in [4.69, 9.17) is 16.3 Å². The monoisotopic (exact) mass is 477 g/mol. The van der Waals surface area contributed by atoms with E-state index >= 15 is 0 Å². The van der Waals surface area contributed by atoms with Crippen LogP contribution in [0.3, 0.4) is 0 Å². The highest BCUT2D eigenvalue weighted by molar-refractivity contribution is 6.32. The summed E-state index contributed by atoms with van der Waals surface area (Å²) in [5.41, 5.74) is 1.65. The average molecular weight is 478 g/mol. The molecule has 1 saturated heterocycles. The summed E-state index contributed by atoms with van der Waals surface area (Å²) in [6.45, 7) is 0.934. The maximum absolute atomic E-state index is 13.2. The number of imide groups is 2. The van der Waals surface area contributed by atoms with Gasteiger partial charge in [0.25, 0.3) is 11.8 Å². The van der Waals surface area contributed by atoms with Crippen LogP contribution in [0.5, 0.6) is 5.75 Å². The molecular formula is C26H24ClN3O4. The smallest absolute Gasteiger partial charge is 0.331 e. The molecule has 2 fully saturated rings. The van der Waals surface area contributed by atoms with Crippen molar-refractivity contribution in [2.45, 2.75) is 38.3 Å². The normalized spacial score (nSPS) is 18.2. The summed E-state index contributed by atoms with van der Waals surface area (Å²) in [5, 5.41) is 3.79. The fourth-order valence-electron chi connectivity index (χ4n) is 4.71. The van der Waals surface area contributed by atoms with Crippen LogP contribution in [0.25, 0.3) is 17.0 Å². The fourth-order valence-corrected chi connectivity index (χ4v) is 4.90. The van der Waals surface area contributed by atoms with E-state index in [9.17, 15) is 14.4 Å². The number of amides is 4. The number of aromatic nitrogens is 1. The van der Waals surface area contributed by atoms with Crippen LogP contribution in [0, 0.1) is 0 Å². The Labute approximate surface area is 201 Å². The summed E-state index contributed by atoms with van der Waals surface area (Å²) in [7, 11) is 0. The highest BCUT2D eigenvalue weighted by Gasteiger charge is 2.40. The van der Waals surface area contributed by atoms with Gasteiger partial charge < -0.3 is 9.30 Å². The number of ether oxygens (including phenoxy) is 1. The van der Waals surface area contributed by atoms with Crippen molar-refractivity contribution in [2.75, 3.05) is 6.61 Å². The van der Waals surface area contributed by atoms with E-state index in [0.717, 1.165) is 42.1 Å². The molecule has 2 aliphatic rings. The number of nitrogens with one attached hydrogen (secondary N) is 1. The third-order valence-corrected chi connectivity index (χ3v) is 6.68. The molecule has 2 heterocycles. The summed E-state index contributed by atoms with van der Waals surface area (Å²) in [6, 6.07) is 14.3. The molecule has 0 radical (unpaired) electrons. The molecule has 2 aromatic carbocycles. The van der Waals surface area contributed by atoms with Gasteiger partial charge in [0.15, 0.2) is 0 Å². The molecule has 3 aromatic rings. The van der Waals surface area contributed by atoms with Crippen molar-refractivity contribution >= 4 is 46.4 Å². The van der Waals surface area contributed by atoms with E-state index in [2.05, 4.69) is 5.32 Å². The number of halogens is 1. The molecule has 0 bridgehead atoms. The van der Waals surface area contributed by atoms with Gasteiger partial charge >= 0.3 is 6.03 Å². The minimum atomic E-state index is -0.664. The third kappa shape index (κ3) is 4.19. The Balaban J connectivity index is 1.43. The van der Waals surface area contributed by atoms with E-state index < -0.39 is 17.8 Å². The molecular weight excluding hydrogens is 454 g/mol. The third-order valence-electron chi connectivity index (χ3n) is 6.37. The van der Waals surface area contributed by atoms with Gasteiger partial charge in [0.1, 0.15) is 17.9 Å². The van der Waals surface area contributed by atoms with E-state index in [1.54, 1.807) is 12.1 Å². The quantitative estimate of drug-likeness (QED) is 0.409. The predicted octanol–water partition coefficient (Wildman–Crippen LogP) is 4.78. The lowest BCUT2D eigenvalue weighted by molar-refractivity contribution is -0.131. The molecule has 1 aromatic heterocycles. The highest BCUT2D eigenvalue weighted by Crippen LogP contribution is 2.29. The number of nitrogens with zero attached hydrogens (tertiary/aromatic N) is 2. The largest absolute Gasteiger partial charge is 0.490 e. The Bertz CT molecular complexity index is 1310. The van der Waals surface area contributed by atoms with Crippen molar-refractivity contribution in [3.05, 3.63) is 70.9 Å². The zero-order valence-electron chi connectivity index (χ0n) is 18.5. The number of carbonyl (C=O) groups excluding carboxylic acids is 3. The number of hydrogen-bond acceptors (Lipinski definition) is 4. The number of urea groups is 1. The van der Waals surface area contributed by atoms with Crippen LogP contribution >= 0.6 is 11.6 Å². The maximum atomic E-state index is 13.2. The first kappa shape index (κ1) is 22.2. The second kappa shape index (κ2) is 9.35. The summed E-state index contributed by atoms with van der Waals surface area (Å²) < 4.78 is 7.85. The van der Waals surface area contributed by atoms with Gasteiger partial charge in [-0.2, -0.15) is 0 Å². The number of barbiturate groups is 1. The zero-order valence-corrected chi connectivity index (χ0v) is 19.3. The van der Waals surface area contributed by atoms with Crippen molar-refractivity contribution in [3.63, 3.8) is 0 Å². The molecule has 1 aliphatic heterocycles. The molecule has 1 aliphatic carbocycles. The first-order valence-electron chi connectivity index (χ1n) is 11.4. The Morgan fingerprint density at radius 1 is 1.03 bits per heavy atom. The molecule has 174 valence electrons. The SMILES string of the molecule is O=C1NC(=O)N(C2CCCC2)C(=O)/C1=C\c1cn(CCOc2ccccc2Cl)c2ccccc12. The molecule has 0 spiro atoms. The predicted molar refractivity (Wildman–Crippen MR) is 130 cm³/mol. The van der Waals surface area contributed by atoms with E-state index in [1.807, 2.05) is 53.2 Å². The van der Waals surface area contributed by atoms with Gasteiger partial charge in [-0.25, -0.2) is 4.79 Å². The van der Waals surface area contributed by atoms with Crippen LogP contribution in [0.15, 0.2) is 60.3 Å². The molecule has 8 heteroatoms. The van der Waals surface area contributed by atoms with E-state index in [1.165, 1.54) is 4.90 Å². The van der Waals surface area contributed by atoms with Crippen LogP contribution in [-0.4, -0.2) is 40.0 Å². The van der Waals surface area contributed by atoms with Gasteiger partial charge in [0.2, 0.25) is 0 Å². The van der Waals surface area contributed by atoms with Crippen LogP contribution in [-0.2, 0) is 16.1 Å². The molecule has 4 amide bonds.